The number of carbonyl (C=O) groups excluding carboxylic acids is 1. The summed E-state index contributed by atoms with van der Waals surface area (Å²) < 4.78 is 28.2. The van der Waals surface area contributed by atoms with Crippen molar-refractivity contribution in [3.05, 3.63) is 59.2 Å². The molecule has 2 aromatic rings. The van der Waals surface area contributed by atoms with Crippen LogP contribution in [0.5, 0.6) is 0 Å². The Balaban J connectivity index is 1.50. The average Bonchev–Trinajstić information content (AvgIpc) is 3.52. The van der Waals surface area contributed by atoms with Crippen molar-refractivity contribution in [1.29, 1.82) is 0 Å². The summed E-state index contributed by atoms with van der Waals surface area (Å²) in [6.45, 7) is 3.41. The SMILES string of the molecule is CCCc1ccc(S(=O)(=O)Nc2ccc3c(c2)CN(C(=O)C2CC2)CC3)cc1. The van der Waals surface area contributed by atoms with Crippen LogP contribution in [0.4, 0.5) is 5.69 Å². The number of anilines is 1. The van der Waals surface area contributed by atoms with Crippen LogP contribution in [0.15, 0.2) is 47.4 Å². The maximum absolute atomic E-state index is 12.7. The highest BCUT2D eigenvalue weighted by molar-refractivity contribution is 7.92. The predicted octanol–water partition coefficient (Wildman–Crippen LogP) is 3.73. The first-order valence-electron chi connectivity index (χ1n) is 9.98. The fraction of sp³-hybridized carbons (Fsp3) is 0.409. The molecule has 1 heterocycles. The number of nitrogens with one attached hydrogen (secondary N) is 1. The van der Waals surface area contributed by atoms with Gasteiger partial charge in [0, 0.05) is 24.7 Å². The Labute approximate surface area is 166 Å². The number of sulfonamides is 1. The summed E-state index contributed by atoms with van der Waals surface area (Å²) in [5.41, 5.74) is 3.89. The fourth-order valence-corrected chi connectivity index (χ4v) is 4.78. The van der Waals surface area contributed by atoms with E-state index in [1.807, 2.05) is 29.2 Å². The van der Waals surface area contributed by atoms with Crippen molar-refractivity contribution in [2.75, 3.05) is 11.3 Å². The number of nitrogens with zero attached hydrogens (tertiary/aromatic N) is 1. The summed E-state index contributed by atoms with van der Waals surface area (Å²) in [7, 11) is -3.64. The largest absolute Gasteiger partial charge is 0.338 e. The lowest BCUT2D eigenvalue weighted by Crippen LogP contribution is -2.36. The molecule has 2 aromatic carbocycles. The van der Waals surface area contributed by atoms with Crippen LogP contribution < -0.4 is 4.72 Å². The summed E-state index contributed by atoms with van der Waals surface area (Å²) in [5, 5.41) is 0. The molecule has 5 nitrogen and oxygen atoms in total. The molecule has 0 aromatic heterocycles. The molecule has 0 unspecified atom stereocenters. The molecule has 0 radical (unpaired) electrons. The molecule has 1 amide bonds. The number of carbonyl (C=O) groups is 1. The van der Waals surface area contributed by atoms with Gasteiger partial charge in [-0.2, -0.15) is 0 Å². The minimum Gasteiger partial charge on any atom is -0.338 e. The van der Waals surface area contributed by atoms with Gasteiger partial charge in [-0.1, -0.05) is 31.5 Å². The maximum Gasteiger partial charge on any atom is 0.261 e. The highest BCUT2D eigenvalue weighted by atomic mass is 32.2. The second-order valence-electron chi connectivity index (χ2n) is 7.77. The van der Waals surface area contributed by atoms with Crippen molar-refractivity contribution in [3.63, 3.8) is 0 Å². The van der Waals surface area contributed by atoms with Crippen LogP contribution in [0.25, 0.3) is 0 Å². The first-order chi connectivity index (χ1) is 13.5. The summed E-state index contributed by atoms with van der Waals surface area (Å²) in [4.78, 5) is 14.5. The quantitative estimate of drug-likeness (QED) is 0.806. The van der Waals surface area contributed by atoms with Crippen LogP contribution in [0.1, 0.15) is 42.9 Å². The number of hydrogen-bond acceptors (Lipinski definition) is 3. The standard InChI is InChI=1S/C22H26N2O3S/c1-2-3-16-4-10-21(11-5-16)28(26,27)23-20-9-8-17-12-13-24(15-19(17)14-20)22(25)18-6-7-18/h4-5,8-11,14,18,23H,2-3,6-7,12-13,15H2,1H3. The van der Waals surface area contributed by atoms with Gasteiger partial charge in [-0.25, -0.2) is 8.42 Å². The Hall–Kier alpha value is -2.34. The van der Waals surface area contributed by atoms with Crippen LogP contribution in [0, 0.1) is 5.92 Å². The predicted molar refractivity (Wildman–Crippen MR) is 110 cm³/mol. The van der Waals surface area contributed by atoms with Crippen LogP contribution in [-0.2, 0) is 34.2 Å². The van der Waals surface area contributed by atoms with E-state index < -0.39 is 10.0 Å². The highest BCUT2D eigenvalue weighted by Crippen LogP contribution is 2.33. The third-order valence-electron chi connectivity index (χ3n) is 5.48. The minimum absolute atomic E-state index is 0.207. The molecule has 0 atom stereocenters. The Morgan fingerprint density at radius 1 is 1.11 bits per heavy atom. The van der Waals surface area contributed by atoms with E-state index in [1.165, 1.54) is 5.56 Å². The summed E-state index contributed by atoms with van der Waals surface area (Å²) in [6, 6.07) is 12.7. The van der Waals surface area contributed by atoms with Crippen molar-refractivity contribution in [2.24, 2.45) is 5.92 Å². The molecular formula is C22H26N2O3S. The van der Waals surface area contributed by atoms with Gasteiger partial charge in [-0.05, 0) is 66.6 Å². The van der Waals surface area contributed by atoms with Gasteiger partial charge < -0.3 is 4.90 Å². The van der Waals surface area contributed by atoms with Gasteiger partial charge in [0.25, 0.3) is 10.0 Å². The highest BCUT2D eigenvalue weighted by Gasteiger charge is 2.34. The molecule has 2 aliphatic rings. The van der Waals surface area contributed by atoms with E-state index in [-0.39, 0.29) is 16.7 Å². The lowest BCUT2D eigenvalue weighted by molar-refractivity contribution is -0.133. The molecule has 148 valence electrons. The van der Waals surface area contributed by atoms with Crippen molar-refractivity contribution in [3.8, 4) is 0 Å². The van der Waals surface area contributed by atoms with E-state index in [0.717, 1.165) is 49.8 Å². The topological polar surface area (TPSA) is 66.5 Å². The Kier molecular flexibility index (Phi) is 5.15. The molecule has 28 heavy (non-hydrogen) atoms. The van der Waals surface area contributed by atoms with E-state index in [2.05, 4.69) is 11.6 Å². The van der Waals surface area contributed by atoms with Gasteiger partial charge in [0.15, 0.2) is 0 Å². The van der Waals surface area contributed by atoms with Gasteiger partial charge in [0.05, 0.1) is 4.90 Å². The summed E-state index contributed by atoms with van der Waals surface area (Å²) in [6.07, 6.45) is 4.78. The first kappa shape index (κ1) is 19.0. The number of amides is 1. The average molecular weight is 399 g/mol. The smallest absolute Gasteiger partial charge is 0.261 e. The lowest BCUT2D eigenvalue weighted by Gasteiger charge is -2.29. The molecule has 0 spiro atoms. The number of hydrogen-bond donors (Lipinski definition) is 1. The lowest BCUT2D eigenvalue weighted by atomic mass is 9.99. The molecule has 1 fully saturated rings. The minimum atomic E-state index is -3.64. The summed E-state index contributed by atoms with van der Waals surface area (Å²) >= 11 is 0. The number of aryl methyl sites for hydroxylation is 1. The van der Waals surface area contributed by atoms with E-state index in [9.17, 15) is 13.2 Å². The third-order valence-corrected chi connectivity index (χ3v) is 6.88. The molecule has 1 aliphatic carbocycles. The zero-order valence-electron chi connectivity index (χ0n) is 16.1. The molecule has 4 rings (SSSR count). The van der Waals surface area contributed by atoms with E-state index >= 15 is 0 Å². The fourth-order valence-electron chi connectivity index (χ4n) is 3.74. The second-order valence-corrected chi connectivity index (χ2v) is 9.45. The van der Waals surface area contributed by atoms with Crippen molar-refractivity contribution >= 4 is 21.6 Å². The van der Waals surface area contributed by atoms with Crippen LogP contribution in [-0.4, -0.2) is 25.8 Å². The van der Waals surface area contributed by atoms with Gasteiger partial charge in [0.2, 0.25) is 5.91 Å². The molecule has 1 saturated carbocycles. The van der Waals surface area contributed by atoms with Crippen LogP contribution >= 0.6 is 0 Å². The Bertz CT molecular complexity index is 979. The summed E-state index contributed by atoms with van der Waals surface area (Å²) in [5.74, 6) is 0.447. The van der Waals surface area contributed by atoms with Gasteiger partial charge >= 0.3 is 0 Å². The monoisotopic (exact) mass is 398 g/mol. The first-order valence-corrected chi connectivity index (χ1v) is 11.5. The number of rotatable bonds is 6. The zero-order chi connectivity index (χ0) is 19.7. The van der Waals surface area contributed by atoms with E-state index in [0.29, 0.717) is 12.2 Å². The third kappa shape index (κ3) is 4.07. The molecule has 0 saturated heterocycles. The van der Waals surface area contributed by atoms with E-state index in [1.54, 1.807) is 18.2 Å². The van der Waals surface area contributed by atoms with Crippen LogP contribution in [0.2, 0.25) is 0 Å². The van der Waals surface area contributed by atoms with E-state index in [4.69, 9.17) is 0 Å². The normalized spacial score (nSPS) is 16.5. The van der Waals surface area contributed by atoms with Crippen molar-refractivity contribution in [1.82, 2.24) is 4.90 Å². The number of fused-ring (bicyclic) bond motifs is 1. The molecule has 0 bridgehead atoms. The second kappa shape index (κ2) is 7.59. The van der Waals surface area contributed by atoms with Crippen LogP contribution in [0.3, 0.4) is 0 Å². The molecule has 6 heteroatoms. The molecule has 1 N–H and O–H groups in total. The number of benzene rings is 2. The van der Waals surface area contributed by atoms with Crippen molar-refractivity contribution in [2.45, 2.75) is 50.5 Å². The van der Waals surface area contributed by atoms with Gasteiger partial charge in [0.1, 0.15) is 0 Å². The molecular weight excluding hydrogens is 372 g/mol. The molecule has 1 aliphatic heterocycles. The Morgan fingerprint density at radius 3 is 2.54 bits per heavy atom. The van der Waals surface area contributed by atoms with Crippen molar-refractivity contribution < 1.29 is 13.2 Å². The zero-order valence-corrected chi connectivity index (χ0v) is 17.0. The Morgan fingerprint density at radius 2 is 1.86 bits per heavy atom. The van der Waals surface area contributed by atoms with Gasteiger partial charge in [-0.3, -0.25) is 9.52 Å². The maximum atomic E-state index is 12.7. The van der Waals surface area contributed by atoms with Gasteiger partial charge in [-0.15, -0.1) is 0 Å².